The molecule has 6 nitrogen and oxygen atoms in total. The van der Waals surface area contributed by atoms with Crippen LogP contribution in [0.3, 0.4) is 0 Å². The van der Waals surface area contributed by atoms with E-state index in [0.717, 1.165) is 24.3 Å². The van der Waals surface area contributed by atoms with E-state index in [9.17, 15) is 9.90 Å². The van der Waals surface area contributed by atoms with E-state index in [1.165, 1.54) is 0 Å². The topological polar surface area (TPSA) is 79.2 Å². The molecule has 3 N–H and O–H groups in total. The number of nitrogens with zero attached hydrogens (tertiary/aromatic N) is 2. The zero-order valence-electron chi connectivity index (χ0n) is 15.5. The molecule has 1 aromatic heterocycles. The molecule has 0 saturated heterocycles. The second-order valence-electron chi connectivity index (χ2n) is 7.32. The maximum atomic E-state index is 12.7. The summed E-state index contributed by atoms with van der Waals surface area (Å²) >= 11 is 0. The van der Waals surface area contributed by atoms with Crippen molar-refractivity contribution in [1.82, 2.24) is 14.9 Å². The minimum atomic E-state index is -0.525. The summed E-state index contributed by atoms with van der Waals surface area (Å²) in [7, 11) is 0. The molecule has 1 saturated carbocycles. The lowest BCUT2D eigenvalue weighted by Gasteiger charge is -2.17. The quantitative estimate of drug-likeness (QED) is 0.617. The fourth-order valence-electron chi connectivity index (χ4n) is 3.79. The summed E-state index contributed by atoms with van der Waals surface area (Å²) in [5.74, 6) is 0.157. The monoisotopic (exact) mass is 376 g/mol. The lowest BCUT2D eigenvalue weighted by Crippen LogP contribution is -2.39. The van der Waals surface area contributed by atoms with E-state index in [1.54, 1.807) is 18.6 Å². The summed E-state index contributed by atoms with van der Waals surface area (Å²) < 4.78 is 2.01. The van der Waals surface area contributed by atoms with Gasteiger partial charge in [0.1, 0.15) is 0 Å². The standard InChI is InChI=1S/C22H24N4O2/c27-21-12-16(14-26-10-9-23-15-26)11-20(21)25-22(28)17-5-4-8-19(13-17)24-18-6-2-1-3-7-18/h1-10,13,15-16,20-21,24,27H,11-12,14H2,(H,25,28)/t16?,20-,21-/m1/s1. The summed E-state index contributed by atoms with van der Waals surface area (Å²) in [5, 5.41) is 16.7. The molecule has 0 bridgehead atoms. The van der Waals surface area contributed by atoms with Crippen LogP contribution in [0.25, 0.3) is 0 Å². The number of hydrogen-bond acceptors (Lipinski definition) is 4. The van der Waals surface area contributed by atoms with E-state index in [0.29, 0.717) is 17.9 Å². The fourth-order valence-corrected chi connectivity index (χ4v) is 3.79. The highest BCUT2D eigenvalue weighted by molar-refractivity contribution is 5.95. The number of aromatic nitrogens is 2. The Balaban J connectivity index is 1.37. The van der Waals surface area contributed by atoms with Gasteiger partial charge in [-0.3, -0.25) is 4.79 Å². The number of aliphatic hydroxyl groups excluding tert-OH is 1. The average molecular weight is 376 g/mol. The number of aliphatic hydroxyl groups is 1. The molecule has 1 aliphatic carbocycles. The normalized spacial score (nSPS) is 21.4. The Morgan fingerprint density at radius 3 is 2.71 bits per heavy atom. The molecule has 0 radical (unpaired) electrons. The lowest BCUT2D eigenvalue weighted by atomic mass is 10.1. The first-order chi connectivity index (χ1) is 13.7. The molecule has 3 aromatic rings. The van der Waals surface area contributed by atoms with Crippen LogP contribution >= 0.6 is 0 Å². The molecule has 1 heterocycles. The average Bonchev–Trinajstić information content (AvgIpc) is 3.33. The molecule has 144 valence electrons. The fraction of sp³-hybridized carbons (Fsp3) is 0.273. The van der Waals surface area contributed by atoms with Crippen LogP contribution in [0.4, 0.5) is 11.4 Å². The number of anilines is 2. The first-order valence-corrected chi connectivity index (χ1v) is 9.54. The smallest absolute Gasteiger partial charge is 0.251 e. The van der Waals surface area contributed by atoms with Gasteiger partial charge in [-0.25, -0.2) is 4.98 Å². The Morgan fingerprint density at radius 2 is 1.93 bits per heavy atom. The van der Waals surface area contributed by atoms with Gasteiger partial charge in [0.2, 0.25) is 0 Å². The van der Waals surface area contributed by atoms with E-state index in [-0.39, 0.29) is 11.9 Å². The van der Waals surface area contributed by atoms with E-state index in [2.05, 4.69) is 15.6 Å². The van der Waals surface area contributed by atoms with Gasteiger partial charge in [0.15, 0.2) is 0 Å². The van der Waals surface area contributed by atoms with Crippen LogP contribution in [0.1, 0.15) is 23.2 Å². The first-order valence-electron chi connectivity index (χ1n) is 9.54. The zero-order valence-corrected chi connectivity index (χ0v) is 15.5. The molecule has 6 heteroatoms. The number of carbonyl (C=O) groups is 1. The van der Waals surface area contributed by atoms with Crippen LogP contribution in [0, 0.1) is 5.92 Å². The molecule has 1 unspecified atom stereocenters. The van der Waals surface area contributed by atoms with Crippen molar-refractivity contribution < 1.29 is 9.90 Å². The molecule has 1 amide bonds. The van der Waals surface area contributed by atoms with Crippen LogP contribution in [0.2, 0.25) is 0 Å². The Kier molecular flexibility index (Phi) is 5.39. The van der Waals surface area contributed by atoms with Gasteiger partial charge in [0.05, 0.1) is 18.5 Å². The minimum Gasteiger partial charge on any atom is -0.391 e. The molecule has 28 heavy (non-hydrogen) atoms. The molecule has 1 fully saturated rings. The number of nitrogens with one attached hydrogen (secondary N) is 2. The van der Waals surface area contributed by atoms with Gasteiger partial charge in [0.25, 0.3) is 5.91 Å². The van der Waals surface area contributed by atoms with Crippen molar-refractivity contribution in [3.05, 3.63) is 78.9 Å². The van der Waals surface area contributed by atoms with Crippen molar-refractivity contribution >= 4 is 17.3 Å². The van der Waals surface area contributed by atoms with Crippen LogP contribution in [-0.2, 0) is 6.54 Å². The van der Waals surface area contributed by atoms with Gasteiger partial charge in [-0.05, 0) is 49.1 Å². The van der Waals surface area contributed by atoms with Crippen molar-refractivity contribution in [1.29, 1.82) is 0 Å². The Hall–Kier alpha value is -3.12. The molecule has 1 aliphatic rings. The van der Waals surface area contributed by atoms with Gasteiger partial charge in [-0.2, -0.15) is 0 Å². The third-order valence-electron chi connectivity index (χ3n) is 5.16. The molecule has 0 spiro atoms. The second kappa shape index (κ2) is 8.27. The lowest BCUT2D eigenvalue weighted by molar-refractivity contribution is 0.0873. The molecular weight excluding hydrogens is 352 g/mol. The number of amides is 1. The molecular formula is C22H24N4O2. The highest BCUT2D eigenvalue weighted by Crippen LogP contribution is 2.28. The Labute approximate surface area is 164 Å². The van der Waals surface area contributed by atoms with Crippen molar-refractivity contribution in [3.8, 4) is 0 Å². The van der Waals surface area contributed by atoms with Crippen molar-refractivity contribution in [3.63, 3.8) is 0 Å². The van der Waals surface area contributed by atoms with E-state index in [4.69, 9.17) is 0 Å². The number of carbonyl (C=O) groups excluding carboxylic acids is 1. The van der Waals surface area contributed by atoms with Crippen LogP contribution in [0.5, 0.6) is 0 Å². The molecule has 3 atom stereocenters. The minimum absolute atomic E-state index is 0.163. The maximum absolute atomic E-state index is 12.7. The summed E-state index contributed by atoms with van der Waals surface area (Å²) in [5.41, 5.74) is 2.39. The van der Waals surface area contributed by atoms with Gasteiger partial charge in [0, 0.05) is 35.9 Å². The Morgan fingerprint density at radius 1 is 1.11 bits per heavy atom. The highest BCUT2D eigenvalue weighted by Gasteiger charge is 2.34. The third-order valence-corrected chi connectivity index (χ3v) is 5.16. The summed E-state index contributed by atoms with van der Waals surface area (Å²) in [6, 6.07) is 17.0. The number of para-hydroxylation sites is 1. The molecule has 2 aromatic carbocycles. The Bertz CT molecular complexity index is 911. The predicted molar refractivity (Wildman–Crippen MR) is 108 cm³/mol. The predicted octanol–water partition coefficient (Wildman–Crippen LogP) is 3.20. The zero-order chi connectivity index (χ0) is 19.3. The summed E-state index contributed by atoms with van der Waals surface area (Å²) in [4.78, 5) is 16.8. The number of hydrogen-bond donors (Lipinski definition) is 3. The second-order valence-corrected chi connectivity index (χ2v) is 7.32. The van der Waals surface area contributed by atoms with E-state index >= 15 is 0 Å². The highest BCUT2D eigenvalue weighted by atomic mass is 16.3. The van der Waals surface area contributed by atoms with E-state index < -0.39 is 6.10 Å². The summed E-state index contributed by atoms with van der Waals surface area (Å²) in [6.07, 6.45) is 6.36. The molecule has 0 aliphatic heterocycles. The van der Waals surface area contributed by atoms with Crippen LogP contribution in [0.15, 0.2) is 73.3 Å². The van der Waals surface area contributed by atoms with E-state index in [1.807, 2.05) is 59.3 Å². The number of benzene rings is 2. The van der Waals surface area contributed by atoms with Crippen molar-refractivity contribution in [2.24, 2.45) is 5.92 Å². The van der Waals surface area contributed by atoms with Crippen LogP contribution in [-0.4, -0.2) is 32.7 Å². The van der Waals surface area contributed by atoms with Gasteiger partial charge < -0.3 is 20.3 Å². The third kappa shape index (κ3) is 4.40. The number of imidazole rings is 1. The first kappa shape index (κ1) is 18.3. The van der Waals surface area contributed by atoms with Crippen LogP contribution < -0.4 is 10.6 Å². The maximum Gasteiger partial charge on any atom is 0.251 e. The SMILES string of the molecule is O=C(N[C@@H]1CC(Cn2ccnc2)C[C@H]1O)c1cccc(Nc2ccccc2)c1. The van der Waals surface area contributed by atoms with Gasteiger partial charge in [-0.15, -0.1) is 0 Å². The number of rotatable bonds is 6. The van der Waals surface area contributed by atoms with Gasteiger partial charge in [-0.1, -0.05) is 24.3 Å². The van der Waals surface area contributed by atoms with Gasteiger partial charge >= 0.3 is 0 Å². The summed E-state index contributed by atoms with van der Waals surface area (Å²) in [6.45, 7) is 0.805. The van der Waals surface area contributed by atoms with Crippen molar-refractivity contribution in [2.75, 3.05) is 5.32 Å². The van der Waals surface area contributed by atoms with Crippen molar-refractivity contribution in [2.45, 2.75) is 31.5 Å². The molecule has 4 rings (SSSR count). The largest absolute Gasteiger partial charge is 0.391 e.